The Labute approximate surface area is 101 Å². The third kappa shape index (κ3) is 3.63. The largest absolute Gasteiger partial charge is 0.397 e. The molecule has 5 heteroatoms. The van der Waals surface area contributed by atoms with Crippen LogP contribution in [-0.2, 0) is 4.74 Å². The lowest BCUT2D eigenvalue weighted by Gasteiger charge is -2.25. The summed E-state index contributed by atoms with van der Waals surface area (Å²) in [4.78, 5) is 1.93. The van der Waals surface area contributed by atoms with Crippen molar-refractivity contribution in [2.24, 2.45) is 0 Å². The number of nitrogens with zero attached hydrogens (tertiary/aromatic N) is 2. The summed E-state index contributed by atoms with van der Waals surface area (Å²) in [5.74, 6) is 0. The molecule has 17 heavy (non-hydrogen) atoms. The first-order chi connectivity index (χ1) is 8.22. The van der Waals surface area contributed by atoms with Gasteiger partial charge in [0.15, 0.2) is 0 Å². The standard InChI is InChI=1S/C12H17N3O2/c1-17-7-5-15(4-6-16)12-3-2-10(9-13)8-11(12)14/h2-3,8,16H,4-7,14H2,1H3. The molecule has 0 aliphatic carbocycles. The van der Waals surface area contributed by atoms with Gasteiger partial charge in [-0.05, 0) is 18.2 Å². The summed E-state index contributed by atoms with van der Waals surface area (Å²) >= 11 is 0. The van der Waals surface area contributed by atoms with Crippen LogP contribution in [0.25, 0.3) is 0 Å². The number of ether oxygens (including phenoxy) is 1. The lowest BCUT2D eigenvalue weighted by atomic mass is 10.1. The lowest BCUT2D eigenvalue weighted by Crippen LogP contribution is -2.30. The molecule has 1 rings (SSSR count). The zero-order valence-electron chi connectivity index (χ0n) is 9.89. The summed E-state index contributed by atoms with van der Waals surface area (Å²) in [6.45, 7) is 1.73. The highest BCUT2D eigenvalue weighted by Crippen LogP contribution is 2.23. The maximum Gasteiger partial charge on any atom is 0.0992 e. The van der Waals surface area contributed by atoms with Gasteiger partial charge < -0.3 is 20.5 Å². The Balaban J connectivity index is 2.89. The predicted octanol–water partition coefficient (Wildman–Crippen LogP) is 0.586. The Morgan fingerprint density at radius 2 is 2.24 bits per heavy atom. The second kappa shape index (κ2) is 6.74. The molecule has 0 bridgehead atoms. The minimum Gasteiger partial charge on any atom is -0.397 e. The number of nitrogens with two attached hydrogens (primary N) is 1. The van der Waals surface area contributed by atoms with Crippen LogP contribution in [-0.4, -0.2) is 38.5 Å². The zero-order valence-corrected chi connectivity index (χ0v) is 9.89. The number of benzene rings is 1. The van der Waals surface area contributed by atoms with Crippen LogP contribution in [0.4, 0.5) is 11.4 Å². The van der Waals surface area contributed by atoms with Gasteiger partial charge in [0.25, 0.3) is 0 Å². The van der Waals surface area contributed by atoms with E-state index in [-0.39, 0.29) is 6.61 Å². The summed E-state index contributed by atoms with van der Waals surface area (Å²) in [6.07, 6.45) is 0. The molecule has 0 saturated carbocycles. The number of hydrogen-bond acceptors (Lipinski definition) is 5. The van der Waals surface area contributed by atoms with E-state index in [2.05, 4.69) is 0 Å². The fraction of sp³-hybridized carbons (Fsp3) is 0.417. The van der Waals surface area contributed by atoms with E-state index in [0.29, 0.717) is 30.9 Å². The molecule has 0 aromatic heterocycles. The fourth-order valence-corrected chi connectivity index (χ4v) is 1.59. The number of anilines is 2. The topological polar surface area (TPSA) is 82.5 Å². The van der Waals surface area contributed by atoms with Gasteiger partial charge >= 0.3 is 0 Å². The molecule has 0 aliphatic rings. The van der Waals surface area contributed by atoms with E-state index < -0.39 is 0 Å². The fourth-order valence-electron chi connectivity index (χ4n) is 1.59. The van der Waals surface area contributed by atoms with Crippen molar-refractivity contribution in [3.63, 3.8) is 0 Å². The molecule has 0 saturated heterocycles. The number of aliphatic hydroxyl groups is 1. The minimum absolute atomic E-state index is 0.0448. The number of aliphatic hydroxyl groups excluding tert-OH is 1. The van der Waals surface area contributed by atoms with E-state index in [4.69, 9.17) is 20.8 Å². The third-order valence-corrected chi connectivity index (χ3v) is 2.43. The van der Waals surface area contributed by atoms with Gasteiger partial charge in [0.1, 0.15) is 0 Å². The summed E-state index contributed by atoms with van der Waals surface area (Å²) < 4.78 is 5.01. The number of rotatable bonds is 6. The molecule has 0 radical (unpaired) electrons. The van der Waals surface area contributed by atoms with Gasteiger partial charge in [-0.1, -0.05) is 0 Å². The lowest BCUT2D eigenvalue weighted by molar-refractivity contribution is 0.203. The van der Waals surface area contributed by atoms with E-state index in [1.54, 1.807) is 25.3 Å². The van der Waals surface area contributed by atoms with Gasteiger partial charge in [0.2, 0.25) is 0 Å². The molecular weight excluding hydrogens is 218 g/mol. The highest BCUT2D eigenvalue weighted by molar-refractivity contribution is 5.69. The first-order valence-corrected chi connectivity index (χ1v) is 5.37. The number of hydrogen-bond donors (Lipinski definition) is 2. The number of nitriles is 1. The smallest absolute Gasteiger partial charge is 0.0992 e. The molecule has 0 fully saturated rings. The quantitative estimate of drug-likeness (QED) is 0.705. The van der Waals surface area contributed by atoms with Crippen molar-refractivity contribution in [2.75, 3.05) is 44.0 Å². The van der Waals surface area contributed by atoms with Crippen molar-refractivity contribution in [2.45, 2.75) is 0 Å². The molecular formula is C12H17N3O2. The highest BCUT2D eigenvalue weighted by Gasteiger charge is 2.09. The van der Waals surface area contributed by atoms with Crippen molar-refractivity contribution >= 4 is 11.4 Å². The average molecular weight is 235 g/mol. The van der Waals surface area contributed by atoms with Crippen LogP contribution in [0.1, 0.15) is 5.56 Å². The second-order valence-electron chi connectivity index (χ2n) is 3.59. The normalized spacial score (nSPS) is 9.94. The Hall–Kier alpha value is -1.77. The molecule has 0 atom stereocenters. The molecule has 0 aliphatic heterocycles. The van der Waals surface area contributed by atoms with E-state index in [1.165, 1.54) is 0 Å². The molecule has 0 spiro atoms. The highest BCUT2D eigenvalue weighted by atomic mass is 16.5. The molecule has 0 unspecified atom stereocenters. The molecule has 5 nitrogen and oxygen atoms in total. The first-order valence-electron chi connectivity index (χ1n) is 5.37. The van der Waals surface area contributed by atoms with E-state index in [0.717, 1.165) is 5.69 Å². The summed E-state index contributed by atoms with van der Waals surface area (Å²) in [5.41, 5.74) is 7.76. The summed E-state index contributed by atoms with van der Waals surface area (Å²) in [6, 6.07) is 7.17. The van der Waals surface area contributed by atoms with Crippen LogP contribution >= 0.6 is 0 Å². The van der Waals surface area contributed by atoms with Crippen LogP contribution in [0, 0.1) is 11.3 Å². The van der Waals surface area contributed by atoms with Gasteiger partial charge in [0, 0.05) is 20.2 Å². The Kier molecular flexibility index (Phi) is 5.27. The molecule has 3 N–H and O–H groups in total. The number of methoxy groups -OCH3 is 1. The van der Waals surface area contributed by atoms with Crippen LogP contribution in [0.15, 0.2) is 18.2 Å². The van der Waals surface area contributed by atoms with Crippen molar-refractivity contribution in [1.29, 1.82) is 5.26 Å². The molecule has 0 heterocycles. The molecule has 92 valence electrons. The van der Waals surface area contributed by atoms with Crippen molar-refractivity contribution in [1.82, 2.24) is 0 Å². The predicted molar refractivity (Wildman–Crippen MR) is 66.7 cm³/mol. The van der Waals surface area contributed by atoms with Crippen molar-refractivity contribution in [3.05, 3.63) is 23.8 Å². The second-order valence-corrected chi connectivity index (χ2v) is 3.59. The Morgan fingerprint density at radius 3 is 2.76 bits per heavy atom. The minimum atomic E-state index is 0.0448. The van der Waals surface area contributed by atoms with Gasteiger partial charge in [-0.15, -0.1) is 0 Å². The first kappa shape index (κ1) is 13.3. The molecule has 1 aromatic rings. The number of nitrogen functional groups attached to an aromatic ring is 1. The average Bonchev–Trinajstić information content (AvgIpc) is 2.34. The van der Waals surface area contributed by atoms with Gasteiger partial charge in [-0.3, -0.25) is 0 Å². The van der Waals surface area contributed by atoms with Gasteiger partial charge in [0.05, 0.1) is 36.2 Å². The van der Waals surface area contributed by atoms with E-state index >= 15 is 0 Å². The van der Waals surface area contributed by atoms with E-state index in [9.17, 15) is 0 Å². The van der Waals surface area contributed by atoms with Crippen LogP contribution in [0.5, 0.6) is 0 Å². The zero-order chi connectivity index (χ0) is 12.7. The molecule has 1 aromatic carbocycles. The third-order valence-electron chi connectivity index (χ3n) is 2.43. The van der Waals surface area contributed by atoms with Crippen LogP contribution in [0.2, 0.25) is 0 Å². The van der Waals surface area contributed by atoms with Crippen LogP contribution < -0.4 is 10.6 Å². The maximum atomic E-state index is 9.01. The summed E-state index contributed by atoms with van der Waals surface area (Å²) in [7, 11) is 1.62. The maximum absolute atomic E-state index is 9.01. The molecule has 0 amide bonds. The monoisotopic (exact) mass is 235 g/mol. The van der Waals surface area contributed by atoms with Gasteiger partial charge in [-0.2, -0.15) is 5.26 Å². The van der Waals surface area contributed by atoms with Crippen molar-refractivity contribution in [3.8, 4) is 6.07 Å². The van der Waals surface area contributed by atoms with Crippen molar-refractivity contribution < 1.29 is 9.84 Å². The SMILES string of the molecule is COCCN(CCO)c1ccc(C#N)cc1N. The van der Waals surface area contributed by atoms with Crippen LogP contribution in [0.3, 0.4) is 0 Å². The summed E-state index contributed by atoms with van der Waals surface area (Å²) in [5, 5.41) is 17.8. The Morgan fingerprint density at radius 1 is 1.47 bits per heavy atom. The van der Waals surface area contributed by atoms with E-state index in [1.807, 2.05) is 11.0 Å². The Bertz CT molecular complexity index is 401. The van der Waals surface area contributed by atoms with Gasteiger partial charge in [-0.25, -0.2) is 0 Å².